The van der Waals surface area contributed by atoms with Crippen LogP contribution in [0.3, 0.4) is 0 Å². The van der Waals surface area contributed by atoms with E-state index in [-0.39, 0.29) is 0 Å². The van der Waals surface area contributed by atoms with E-state index in [4.69, 9.17) is 0 Å². The second-order valence-electron chi connectivity index (χ2n) is 9.78. The Labute approximate surface area is 217 Å². The van der Waals surface area contributed by atoms with Crippen molar-refractivity contribution in [2.75, 3.05) is 0 Å². The van der Waals surface area contributed by atoms with Gasteiger partial charge in [-0.15, -0.1) is 0 Å². The first-order chi connectivity index (χ1) is 18.3. The number of fused-ring (bicyclic) bond motifs is 3. The molecule has 37 heavy (non-hydrogen) atoms. The number of hydrogen-bond acceptors (Lipinski definition) is 0. The van der Waals surface area contributed by atoms with Crippen molar-refractivity contribution in [2.45, 2.75) is 6.92 Å². The minimum absolute atomic E-state index is 1.25. The maximum Gasteiger partial charge on any atom is -0.00200 e. The smallest absolute Gasteiger partial charge is 0.00200 e. The molecule has 0 aliphatic rings. The molecule has 7 aromatic carbocycles. The summed E-state index contributed by atoms with van der Waals surface area (Å²) in [5.74, 6) is 0. The first-order valence-electron chi connectivity index (χ1n) is 12.9. The van der Waals surface area contributed by atoms with Crippen molar-refractivity contribution in [3.63, 3.8) is 0 Å². The van der Waals surface area contributed by atoms with Gasteiger partial charge in [0, 0.05) is 0 Å². The molecule has 0 heteroatoms. The lowest BCUT2D eigenvalue weighted by Crippen LogP contribution is -1.93. The molecule has 0 radical (unpaired) electrons. The van der Waals surface area contributed by atoms with Gasteiger partial charge >= 0.3 is 0 Å². The molecule has 0 bridgehead atoms. The van der Waals surface area contributed by atoms with Crippen LogP contribution in [0, 0.1) is 6.92 Å². The molecular formula is C37H26. The summed E-state index contributed by atoms with van der Waals surface area (Å²) in [4.78, 5) is 0. The normalized spacial score (nSPS) is 11.4. The second kappa shape index (κ2) is 8.76. The van der Waals surface area contributed by atoms with Crippen LogP contribution >= 0.6 is 0 Å². The van der Waals surface area contributed by atoms with Crippen LogP contribution in [0.1, 0.15) is 5.56 Å². The topological polar surface area (TPSA) is 0 Å². The molecule has 0 aliphatic heterocycles. The van der Waals surface area contributed by atoms with Gasteiger partial charge in [0.15, 0.2) is 0 Å². The van der Waals surface area contributed by atoms with Gasteiger partial charge in [-0.2, -0.15) is 0 Å². The van der Waals surface area contributed by atoms with E-state index in [1.165, 1.54) is 71.3 Å². The van der Waals surface area contributed by atoms with Gasteiger partial charge < -0.3 is 0 Å². The summed E-state index contributed by atoms with van der Waals surface area (Å²) in [7, 11) is 0. The van der Waals surface area contributed by atoms with Gasteiger partial charge in [0.25, 0.3) is 0 Å². The third-order valence-corrected chi connectivity index (χ3v) is 7.52. The van der Waals surface area contributed by atoms with E-state index in [0.29, 0.717) is 0 Å². The predicted octanol–water partition coefficient (Wildman–Crippen LogP) is 10.5. The van der Waals surface area contributed by atoms with E-state index in [1.807, 2.05) is 0 Å². The van der Waals surface area contributed by atoms with Gasteiger partial charge in [-0.3, -0.25) is 0 Å². The summed E-state index contributed by atoms with van der Waals surface area (Å²) in [6, 6.07) is 50.8. The van der Waals surface area contributed by atoms with E-state index in [2.05, 4.69) is 146 Å². The Hall–Kier alpha value is -4.68. The molecule has 0 atom stereocenters. The lowest BCUT2D eigenvalue weighted by Gasteiger charge is -2.20. The second-order valence-corrected chi connectivity index (χ2v) is 9.78. The Morgan fingerprint density at radius 3 is 1.49 bits per heavy atom. The van der Waals surface area contributed by atoms with Gasteiger partial charge in [-0.25, -0.2) is 0 Å². The highest BCUT2D eigenvalue weighted by Gasteiger charge is 2.19. The molecule has 0 amide bonds. The molecule has 7 rings (SSSR count). The summed E-state index contributed by atoms with van der Waals surface area (Å²) in [6.07, 6.45) is 0. The highest BCUT2D eigenvalue weighted by Crippen LogP contribution is 2.46. The first kappa shape index (κ1) is 21.6. The molecule has 174 valence electrons. The molecule has 0 fully saturated rings. The van der Waals surface area contributed by atoms with Crippen LogP contribution in [0.2, 0.25) is 0 Å². The van der Waals surface area contributed by atoms with Crippen LogP contribution in [0.25, 0.3) is 65.7 Å². The van der Waals surface area contributed by atoms with Crippen molar-refractivity contribution < 1.29 is 0 Å². The van der Waals surface area contributed by atoms with Crippen LogP contribution in [-0.4, -0.2) is 0 Å². The van der Waals surface area contributed by atoms with Crippen molar-refractivity contribution in [3.8, 4) is 33.4 Å². The molecule has 0 heterocycles. The Balaban J connectivity index is 1.64. The van der Waals surface area contributed by atoms with Crippen LogP contribution in [0.15, 0.2) is 140 Å². The summed E-state index contributed by atoms with van der Waals surface area (Å²) in [6.45, 7) is 2.19. The average molecular weight is 471 g/mol. The lowest BCUT2D eigenvalue weighted by molar-refractivity contribution is 1.51. The van der Waals surface area contributed by atoms with Crippen LogP contribution < -0.4 is 0 Å². The highest BCUT2D eigenvalue weighted by atomic mass is 14.2. The lowest BCUT2D eigenvalue weighted by atomic mass is 9.83. The zero-order valence-corrected chi connectivity index (χ0v) is 20.8. The van der Waals surface area contributed by atoms with E-state index in [9.17, 15) is 0 Å². The largest absolute Gasteiger partial charge is 0.0622 e. The van der Waals surface area contributed by atoms with Crippen LogP contribution in [-0.2, 0) is 0 Å². The van der Waals surface area contributed by atoms with Crippen molar-refractivity contribution >= 4 is 32.3 Å². The fourth-order valence-corrected chi connectivity index (χ4v) is 5.88. The van der Waals surface area contributed by atoms with Gasteiger partial charge in [0.05, 0.1) is 0 Å². The van der Waals surface area contributed by atoms with E-state index in [0.717, 1.165) is 0 Å². The Kier molecular flexibility index (Phi) is 5.11. The van der Waals surface area contributed by atoms with Crippen molar-refractivity contribution in [1.82, 2.24) is 0 Å². The predicted molar refractivity (Wildman–Crippen MR) is 160 cm³/mol. The average Bonchev–Trinajstić information content (AvgIpc) is 2.96. The highest BCUT2D eigenvalue weighted by molar-refractivity contribution is 6.24. The Bertz CT molecular complexity index is 1910. The van der Waals surface area contributed by atoms with Crippen molar-refractivity contribution in [3.05, 3.63) is 145 Å². The summed E-state index contributed by atoms with van der Waals surface area (Å²) >= 11 is 0. The summed E-state index contributed by atoms with van der Waals surface area (Å²) in [5, 5.41) is 7.73. The molecule has 7 aromatic rings. The molecule has 0 aromatic heterocycles. The van der Waals surface area contributed by atoms with E-state index >= 15 is 0 Å². The molecule has 0 unspecified atom stereocenters. The molecule has 0 saturated carbocycles. The molecular weight excluding hydrogens is 444 g/mol. The third kappa shape index (κ3) is 3.53. The van der Waals surface area contributed by atoms with Gasteiger partial charge in [-0.1, -0.05) is 145 Å². The van der Waals surface area contributed by atoms with Crippen molar-refractivity contribution in [1.29, 1.82) is 0 Å². The number of benzene rings is 7. The SMILES string of the molecule is Cc1ccc2c(-c3ccccc3)c3ccccc3c(-c3ccc(-c4ccccc4)c4ccccc34)c2c1. The van der Waals surface area contributed by atoms with Crippen LogP contribution in [0.4, 0.5) is 0 Å². The maximum absolute atomic E-state index is 2.36. The molecule has 0 aliphatic carbocycles. The number of aryl methyl sites for hydroxylation is 1. The van der Waals surface area contributed by atoms with Crippen molar-refractivity contribution in [2.24, 2.45) is 0 Å². The molecule has 0 saturated heterocycles. The minimum atomic E-state index is 1.25. The summed E-state index contributed by atoms with van der Waals surface area (Å²) < 4.78 is 0. The molecule has 0 N–H and O–H groups in total. The first-order valence-corrected chi connectivity index (χ1v) is 12.9. The Morgan fingerprint density at radius 1 is 0.324 bits per heavy atom. The maximum atomic E-state index is 2.36. The van der Waals surface area contributed by atoms with Gasteiger partial charge in [0.2, 0.25) is 0 Å². The fourth-order valence-electron chi connectivity index (χ4n) is 5.88. The zero-order valence-electron chi connectivity index (χ0n) is 20.8. The van der Waals surface area contributed by atoms with E-state index in [1.54, 1.807) is 0 Å². The van der Waals surface area contributed by atoms with E-state index < -0.39 is 0 Å². The zero-order chi connectivity index (χ0) is 24.8. The monoisotopic (exact) mass is 470 g/mol. The van der Waals surface area contributed by atoms with Gasteiger partial charge in [-0.05, 0) is 72.6 Å². The fraction of sp³-hybridized carbons (Fsp3) is 0.0270. The number of rotatable bonds is 3. The third-order valence-electron chi connectivity index (χ3n) is 7.52. The standard InChI is InChI=1S/C37H26/c1-25-20-21-34-35(24-25)37(32-19-11-10-18-31(32)36(34)27-14-6-3-7-15-27)33-23-22-28(26-12-4-2-5-13-26)29-16-8-9-17-30(29)33/h2-24H,1H3. The molecule has 0 spiro atoms. The van der Waals surface area contributed by atoms with Crippen LogP contribution in [0.5, 0.6) is 0 Å². The quantitative estimate of drug-likeness (QED) is 0.225. The minimum Gasteiger partial charge on any atom is -0.0622 e. The van der Waals surface area contributed by atoms with Gasteiger partial charge in [0.1, 0.15) is 0 Å². The summed E-state index contributed by atoms with van der Waals surface area (Å²) in [5.41, 5.74) is 8.93. The molecule has 0 nitrogen and oxygen atoms in total. The number of hydrogen-bond donors (Lipinski definition) is 0. The Morgan fingerprint density at radius 2 is 0.811 bits per heavy atom.